The second kappa shape index (κ2) is 7.37. The summed E-state index contributed by atoms with van der Waals surface area (Å²) < 4.78 is 2.10. The average Bonchev–Trinajstić information content (AvgIpc) is 3.24. The van der Waals surface area contributed by atoms with Crippen LogP contribution in [0.1, 0.15) is 0 Å². The summed E-state index contributed by atoms with van der Waals surface area (Å²) in [6, 6.07) is 35.4. The van der Waals surface area contributed by atoms with Crippen molar-refractivity contribution in [2.24, 2.45) is 0 Å². The van der Waals surface area contributed by atoms with Gasteiger partial charge in [-0.2, -0.15) is 15.0 Å². The van der Waals surface area contributed by atoms with Gasteiger partial charge in [-0.1, -0.05) is 91.0 Å². The lowest BCUT2D eigenvalue weighted by Gasteiger charge is -2.09. The molecule has 0 unspecified atom stereocenters. The summed E-state index contributed by atoms with van der Waals surface area (Å²) in [5, 5.41) is 7.32. The molecule has 0 aliphatic rings. The molecule has 2 heterocycles. The Bertz CT molecular complexity index is 1780. The lowest BCUT2D eigenvalue weighted by molar-refractivity contribution is 0.948. The molecule has 0 bridgehead atoms. The van der Waals surface area contributed by atoms with E-state index in [2.05, 4.69) is 87.3 Å². The van der Waals surface area contributed by atoms with Crippen molar-refractivity contribution in [1.82, 2.24) is 19.5 Å². The maximum Gasteiger partial charge on any atom is 0.239 e. The zero-order valence-electron chi connectivity index (χ0n) is 18.0. The van der Waals surface area contributed by atoms with Gasteiger partial charge in [0.15, 0.2) is 5.82 Å². The second-order valence-corrected chi connectivity index (χ2v) is 8.63. The van der Waals surface area contributed by atoms with E-state index in [0.717, 1.165) is 16.6 Å². The summed E-state index contributed by atoms with van der Waals surface area (Å²) in [6.45, 7) is 0. The van der Waals surface area contributed by atoms with Gasteiger partial charge in [0, 0.05) is 16.3 Å². The number of rotatable bonds is 2. The first-order chi connectivity index (χ1) is 16.8. The number of benzene rings is 5. The second-order valence-electron chi connectivity index (χ2n) is 8.29. The number of nitrogens with zero attached hydrogens (tertiary/aromatic N) is 4. The van der Waals surface area contributed by atoms with Gasteiger partial charge in [0.25, 0.3) is 0 Å². The van der Waals surface area contributed by atoms with Crippen LogP contribution in [-0.4, -0.2) is 19.5 Å². The molecular formula is C29H17ClN4. The largest absolute Gasteiger partial charge is 0.278 e. The predicted molar refractivity (Wildman–Crippen MR) is 140 cm³/mol. The lowest BCUT2D eigenvalue weighted by Crippen LogP contribution is -2.04. The van der Waals surface area contributed by atoms with E-state index in [-0.39, 0.29) is 5.28 Å². The fourth-order valence-corrected chi connectivity index (χ4v) is 5.08. The molecule has 4 nitrogen and oxygen atoms in total. The highest BCUT2D eigenvalue weighted by molar-refractivity contribution is 6.29. The molecule has 34 heavy (non-hydrogen) atoms. The zero-order chi connectivity index (χ0) is 22.6. The van der Waals surface area contributed by atoms with Crippen molar-refractivity contribution < 1.29 is 0 Å². The minimum absolute atomic E-state index is 0.167. The van der Waals surface area contributed by atoms with Crippen LogP contribution in [0.2, 0.25) is 5.28 Å². The molecule has 0 radical (unpaired) electrons. The number of fused-ring (bicyclic) bond motifs is 7. The molecule has 0 aliphatic carbocycles. The minimum atomic E-state index is 0.167. The highest BCUT2D eigenvalue weighted by Gasteiger charge is 2.19. The molecule has 0 aliphatic heterocycles. The Hall–Kier alpha value is -4.28. The molecule has 2 aromatic heterocycles. The van der Waals surface area contributed by atoms with Crippen LogP contribution in [-0.2, 0) is 0 Å². The van der Waals surface area contributed by atoms with Gasteiger partial charge in [0.05, 0.1) is 11.0 Å². The van der Waals surface area contributed by atoms with Crippen molar-refractivity contribution in [2.45, 2.75) is 0 Å². The van der Waals surface area contributed by atoms with Crippen molar-refractivity contribution in [3.63, 3.8) is 0 Å². The Morgan fingerprint density at radius 2 is 1.09 bits per heavy atom. The van der Waals surface area contributed by atoms with Crippen LogP contribution in [0.25, 0.3) is 60.7 Å². The van der Waals surface area contributed by atoms with Crippen LogP contribution in [0.15, 0.2) is 103 Å². The molecule has 5 heteroatoms. The van der Waals surface area contributed by atoms with E-state index >= 15 is 0 Å². The molecule has 0 saturated heterocycles. The third kappa shape index (κ3) is 2.82. The molecular weight excluding hydrogens is 440 g/mol. The molecule has 0 amide bonds. The summed E-state index contributed by atoms with van der Waals surface area (Å²) in [4.78, 5) is 13.8. The normalized spacial score (nSPS) is 11.7. The maximum atomic E-state index is 6.43. The van der Waals surface area contributed by atoms with Crippen molar-refractivity contribution >= 4 is 55.0 Å². The Labute approximate surface area is 200 Å². The lowest BCUT2D eigenvalue weighted by atomic mass is 10.00. The van der Waals surface area contributed by atoms with Gasteiger partial charge in [-0.3, -0.25) is 4.57 Å². The molecule has 0 fully saturated rings. The molecule has 0 spiro atoms. The third-order valence-electron chi connectivity index (χ3n) is 6.37. The van der Waals surface area contributed by atoms with Crippen LogP contribution in [0.3, 0.4) is 0 Å². The van der Waals surface area contributed by atoms with E-state index in [1.807, 2.05) is 30.3 Å². The summed E-state index contributed by atoms with van der Waals surface area (Å²) in [5.74, 6) is 1.05. The number of aromatic nitrogens is 4. The molecule has 160 valence electrons. The van der Waals surface area contributed by atoms with Crippen LogP contribution >= 0.6 is 11.6 Å². The smallest absolute Gasteiger partial charge is 0.239 e. The van der Waals surface area contributed by atoms with Crippen LogP contribution in [0, 0.1) is 0 Å². The van der Waals surface area contributed by atoms with E-state index in [0.29, 0.717) is 11.8 Å². The van der Waals surface area contributed by atoms with E-state index in [9.17, 15) is 0 Å². The molecule has 0 atom stereocenters. The number of hydrogen-bond donors (Lipinski definition) is 0. The van der Waals surface area contributed by atoms with Crippen molar-refractivity contribution in [1.29, 1.82) is 0 Å². The third-order valence-corrected chi connectivity index (χ3v) is 6.54. The standard InChI is InChI=1S/C29H17ClN4/c30-28-31-27(20-10-2-1-3-11-20)32-29(33-28)34-23-16-14-18-8-4-6-12-21(18)25(23)26-22-13-7-5-9-19(22)15-17-24(26)34/h1-17H. The summed E-state index contributed by atoms with van der Waals surface area (Å²) >= 11 is 6.43. The summed E-state index contributed by atoms with van der Waals surface area (Å²) in [7, 11) is 0. The van der Waals surface area contributed by atoms with E-state index in [1.165, 1.54) is 32.3 Å². The van der Waals surface area contributed by atoms with E-state index in [1.54, 1.807) is 0 Å². The highest BCUT2D eigenvalue weighted by atomic mass is 35.5. The van der Waals surface area contributed by atoms with Crippen LogP contribution < -0.4 is 0 Å². The van der Waals surface area contributed by atoms with Crippen LogP contribution in [0.4, 0.5) is 0 Å². The molecule has 0 saturated carbocycles. The highest BCUT2D eigenvalue weighted by Crippen LogP contribution is 2.40. The van der Waals surface area contributed by atoms with Crippen molar-refractivity contribution in [3.8, 4) is 17.3 Å². The average molecular weight is 457 g/mol. The fraction of sp³-hybridized carbons (Fsp3) is 0. The SMILES string of the molecule is Clc1nc(-c2ccccc2)nc(-n2c3ccc4ccccc4c3c3c4ccccc4ccc32)n1. The van der Waals surface area contributed by atoms with Crippen LogP contribution in [0.5, 0.6) is 0 Å². The monoisotopic (exact) mass is 456 g/mol. The molecule has 5 aromatic carbocycles. The Kier molecular flexibility index (Phi) is 4.16. The minimum Gasteiger partial charge on any atom is -0.278 e. The predicted octanol–water partition coefficient (Wildman–Crippen LogP) is 7.60. The first kappa shape index (κ1) is 19.2. The Morgan fingerprint density at radius 3 is 1.71 bits per heavy atom. The quantitative estimate of drug-likeness (QED) is 0.269. The number of hydrogen-bond acceptors (Lipinski definition) is 3. The molecule has 7 aromatic rings. The van der Waals surface area contributed by atoms with Gasteiger partial charge in [0.1, 0.15) is 0 Å². The van der Waals surface area contributed by atoms with Gasteiger partial charge in [0.2, 0.25) is 11.2 Å². The topological polar surface area (TPSA) is 43.6 Å². The Morgan fingerprint density at radius 1 is 0.529 bits per heavy atom. The van der Waals surface area contributed by atoms with Crippen molar-refractivity contribution in [3.05, 3.63) is 108 Å². The van der Waals surface area contributed by atoms with Gasteiger partial charge in [-0.25, -0.2) is 0 Å². The van der Waals surface area contributed by atoms with Crippen molar-refractivity contribution in [2.75, 3.05) is 0 Å². The van der Waals surface area contributed by atoms with Gasteiger partial charge in [-0.05, 0) is 45.3 Å². The summed E-state index contributed by atoms with van der Waals surface area (Å²) in [5.41, 5.74) is 2.96. The molecule has 7 rings (SSSR count). The first-order valence-corrected chi connectivity index (χ1v) is 11.5. The molecule has 0 N–H and O–H groups in total. The summed E-state index contributed by atoms with van der Waals surface area (Å²) in [6.07, 6.45) is 0. The Balaban J connectivity index is 1.67. The maximum absolute atomic E-state index is 6.43. The van der Waals surface area contributed by atoms with E-state index in [4.69, 9.17) is 16.6 Å². The first-order valence-electron chi connectivity index (χ1n) is 11.1. The van der Waals surface area contributed by atoms with Gasteiger partial charge < -0.3 is 0 Å². The fourth-order valence-electron chi connectivity index (χ4n) is 4.92. The van der Waals surface area contributed by atoms with Gasteiger partial charge in [-0.15, -0.1) is 0 Å². The number of halogens is 1. The van der Waals surface area contributed by atoms with Gasteiger partial charge >= 0.3 is 0 Å². The zero-order valence-corrected chi connectivity index (χ0v) is 18.7. The van der Waals surface area contributed by atoms with E-state index < -0.39 is 0 Å².